The average Bonchev–Trinajstić information content (AvgIpc) is 2.96. The minimum absolute atomic E-state index is 0.994. The van der Waals surface area contributed by atoms with E-state index < -0.39 is 0 Å². The fourth-order valence-electron chi connectivity index (χ4n) is 1.58. The zero-order valence-corrected chi connectivity index (χ0v) is 10.2. The summed E-state index contributed by atoms with van der Waals surface area (Å²) in [4.78, 5) is 0. The molecule has 1 aromatic rings. The Kier molecular flexibility index (Phi) is 4.15. The minimum Gasteiger partial charge on any atom is -0.353 e. The van der Waals surface area contributed by atoms with Crippen LogP contribution in [0.15, 0.2) is 18.3 Å². The summed E-state index contributed by atoms with van der Waals surface area (Å²) in [6.07, 6.45) is 5.05. The molecule has 0 radical (unpaired) electrons. The van der Waals surface area contributed by atoms with Crippen LogP contribution in [0.4, 0.5) is 0 Å². The zero-order chi connectivity index (χ0) is 10.5. The second-order valence-corrected chi connectivity index (χ2v) is 5.46. The van der Waals surface area contributed by atoms with Gasteiger partial charge in [0.15, 0.2) is 0 Å². The Labute approximate surface area is 96.4 Å². The summed E-state index contributed by atoms with van der Waals surface area (Å²) in [6, 6.07) is 4.27. The summed E-state index contributed by atoms with van der Waals surface area (Å²) in [6.45, 7) is 2.12. The standard InChI is InChI=1S/C12H20N2S/c1-14-7-2-3-12(14)9-13-6-8-15-10-11-4-5-11/h2-3,7,11,13H,4-6,8-10H2,1H3. The summed E-state index contributed by atoms with van der Waals surface area (Å²) in [7, 11) is 2.10. The topological polar surface area (TPSA) is 17.0 Å². The van der Waals surface area contributed by atoms with Gasteiger partial charge < -0.3 is 9.88 Å². The highest BCUT2D eigenvalue weighted by Crippen LogP contribution is 2.32. The van der Waals surface area contributed by atoms with Crippen LogP contribution in [0.1, 0.15) is 18.5 Å². The molecule has 0 amide bonds. The van der Waals surface area contributed by atoms with Gasteiger partial charge in [-0.25, -0.2) is 0 Å². The van der Waals surface area contributed by atoms with Gasteiger partial charge >= 0.3 is 0 Å². The van der Waals surface area contributed by atoms with Gasteiger partial charge in [-0.1, -0.05) is 0 Å². The Morgan fingerprint density at radius 2 is 2.40 bits per heavy atom. The van der Waals surface area contributed by atoms with E-state index in [0.717, 1.165) is 19.0 Å². The van der Waals surface area contributed by atoms with E-state index in [1.54, 1.807) is 0 Å². The van der Waals surface area contributed by atoms with Gasteiger partial charge in [0, 0.05) is 37.8 Å². The molecule has 0 aliphatic heterocycles. The molecule has 2 rings (SSSR count). The molecule has 1 aromatic heterocycles. The molecule has 15 heavy (non-hydrogen) atoms. The predicted molar refractivity (Wildman–Crippen MR) is 67.2 cm³/mol. The Hall–Kier alpha value is -0.410. The molecular weight excluding hydrogens is 204 g/mol. The van der Waals surface area contributed by atoms with Crippen LogP contribution < -0.4 is 5.32 Å². The third kappa shape index (κ3) is 3.92. The Bertz CT molecular complexity index is 292. The second kappa shape index (κ2) is 5.61. The van der Waals surface area contributed by atoms with E-state index in [1.165, 1.54) is 30.0 Å². The van der Waals surface area contributed by atoms with E-state index >= 15 is 0 Å². The van der Waals surface area contributed by atoms with Gasteiger partial charge in [0.2, 0.25) is 0 Å². The van der Waals surface area contributed by atoms with Gasteiger partial charge in [-0.15, -0.1) is 0 Å². The van der Waals surface area contributed by atoms with Crippen LogP contribution in [0.2, 0.25) is 0 Å². The van der Waals surface area contributed by atoms with Crippen molar-refractivity contribution < 1.29 is 0 Å². The first-order chi connectivity index (χ1) is 7.36. The molecular formula is C12H20N2S. The number of aromatic nitrogens is 1. The van der Waals surface area contributed by atoms with E-state index in [2.05, 4.69) is 47.0 Å². The van der Waals surface area contributed by atoms with Crippen molar-refractivity contribution in [3.63, 3.8) is 0 Å². The molecule has 2 nitrogen and oxygen atoms in total. The number of thioether (sulfide) groups is 1. The van der Waals surface area contributed by atoms with Crippen LogP contribution >= 0.6 is 11.8 Å². The Balaban J connectivity index is 1.49. The molecule has 1 aliphatic carbocycles. The quantitative estimate of drug-likeness (QED) is 0.716. The lowest BCUT2D eigenvalue weighted by Gasteiger charge is -2.05. The summed E-state index contributed by atoms with van der Waals surface area (Å²) >= 11 is 2.10. The minimum atomic E-state index is 0.994. The number of aryl methyl sites for hydroxylation is 1. The number of nitrogens with zero attached hydrogens (tertiary/aromatic N) is 1. The number of rotatable bonds is 7. The molecule has 0 bridgehead atoms. The summed E-state index contributed by atoms with van der Waals surface area (Å²) in [5.74, 6) is 3.69. The van der Waals surface area contributed by atoms with Crippen LogP contribution in [0.5, 0.6) is 0 Å². The zero-order valence-electron chi connectivity index (χ0n) is 9.41. The number of hydrogen-bond acceptors (Lipinski definition) is 2. The predicted octanol–water partition coefficient (Wildman–Crippen LogP) is 2.26. The Morgan fingerprint density at radius 1 is 1.53 bits per heavy atom. The van der Waals surface area contributed by atoms with Crippen LogP contribution in [0.3, 0.4) is 0 Å². The van der Waals surface area contributed by atoms with E-state index in [-0.39, 0.29) is 0 Å². The molecule has 84 valence electrons. The molecule has 1 heterocycles. The third-order valence-corrected chi connectivity index (χ3v) is 4.03. The first kappa shape index (κ1) is 11.1. The van der Waals surface area contributed by atoms with Crippen molar-refractivity contribution in [2.45, 2.75) is 19.4 Å². The fourth-order valence-corrected chi connectivity index (χ4v) is 2.70. The summed E-state index contributed by atoms with van der Waals surface area (Å²) in [5, 5.41) is 3.48. The van der Waals surface area contributed by atoms with Crippen LogP contribution in [0, 0.1) is 5.92 Å². The maximum Gasteiger partial charge on any atom is 0.0359 e. The average molecular weight is 224 g/mol. The van der Waals surface area contributed by atoms with E-state index in [9.17, 15) is 0 Å². The lowest BCUT2D eigenvalue weighted by molar-refractivity contribution is 0.683. The number of hydrogen-bond donors (Lipinski definition) is 1. The Morgan fingerprint density at radius 3 is 3.07 bits per heavy atom. The van der Waals surface area contributed by atoms with Crippen molar-refractivity contribution in [1.29, 1.82) is 0 Å². The molecule has 1 saturated carbocycles. The highest BCUT2D eigenvalue weighted by Gasteiger charge is 2.20. The molecule has 0 atom stereocenters. The van der Waals surface area contributed by atoms with Crippen LogP contribution in [0.25, 0.3) is 0 Å². The first-order valence-corrected chi connectivity index (χ1v) is 6.90. The largest absolute Gasteiger partial charge is 0.353 e. The van der Waals surface area contributed by atoms with Crippen molar-refractivity contribution >= 4 is 11.8 Å². The maximum absolute atomic E-state index is 3.48. The van der Waals surface area contributed by atoms with Gasteiger partial charge in [-0.2, -0.15) is 11.8 Å². The van der Waals surface area contributed by atoms with E-state index in [0.29, 0.717) is 0 Å². The monoisotopic (exact) mass is 224 g/mol. The van der Waals surface area contributed by atoms with Crippen molar-refractivity contribution in [2.24, 2.45) is 13.0 Å². The second-order valence-electron chi connectivity index (χ2n) is 4.31. The van der Waals surface area contributed by atoms with Crippen LogP contribution in [-0.4, -0.2) is 22.6 Å². The van der Waals surface area contributed by atoms with Crippen molar-refractivity contribution in [2.75, 3.05) is 18.1 Å². The molecule has 0 spiro atoms. The van der Waals surface area contributed by atoms with Crippen LogP contribution in [-0.2, 0) is 13.6 Å². The molecule has 0 unspecified atom stereocenters. The van der Waals surface area contributed by atoms with E-state index in [1.807, 2.05) is 0 Å². The van der Waals surface area contributed by atoms with Crippen molar-refractivity contribution in [3.8, 4) is 0 Å². The number of nitrogens with one attached hydrogen (secondary N) is 1. The SMILES string of the molecule is Cn1cccc1CNCCSCC1CC1. The maximum atomic E-state index is 3.48. The van der Waals surface area contributed by atoms with Gasteiger partial charge in [-0.3, -0.25) is 0 Å². The third-order valence-electron chi connectivity index (χ3n) is 2.83. The van der Waals surface area contributed by atoms with E-state index in [4.69, 9.17) is 0 Å². The van der Waals surface area contributed by atoms with Gasteiger partial charge in [0.25, 0.3) is 0 Å². The summed E-state index contributed by atoms with van der Waals surface area (Å²) < 4.78 is 2.17. The fraction of sp³-hybridized carbons (Fsp3) is 0.667. The molecule has 0 aromatic carbocycles. The lowest BCUT2D eigenvalue weighted by Crippen LogP contribution is -2.18. The summed E-state index contributed by atoms with van der Waals surface area (Å²) in [5.41, 5.74) is 1.36. The molecule has 1 aliphatic rings. The normalized spacial score (nSPS) is 15.8. The highest BCUT2D eigenvalue weighted by molar-refractivity contribution is 7.99. The lowest BCUT2D eigenvalue weighted by atomic mass is 10.4. The van der Waals surface area contributed by atoms with Crippen molar-refractivity contribution in [1.82, 2.24) is 9.88 Å². The molecule has 1 fully saturated rings. The molecule has 3 heteroatoms. The smallest absolute Gasteiger partial charge is 0.0359 e. The first-order valence-electron chi connectivity index (χ1n) is 5.75. The molecule has 1 N–H and O–H groups in total. The van der Waals surface area contributed by atoms with Gasteiger partial charge in [-0.05, 0) is 36.6 Å². The van der Waals surface area contributed by atoms with Gasteiger partial charge in [0.05, 0.1) is 0 Å². The van der Waals surface area contributed by atoms with Gasteiger partial charge in [0.1, 0.15) is 0 Å². The highest BCUT2D eigenvalue weighted by atomic mass is 32.2. The molecule has 0 saturated heterocycles. The van der Waals surface area contributed by atoms with Crippen molar-refractivity contribution in [3.05, 3.63) is 24.0 Å².